The topological polar surface area (TPSA) is 79.4 Å². The first-order chi connectivity index (χ1) is 14.2. The number of nitrogens with one attached hydrogen (secondary N) is 1. The van der Waals surface area contributed by atoms with E-state index in [0.717, 1.165) is 16.7 Å². The molecule has 0 aliphatic heterocycles. The molecule has 3 aromatic rings. The van der Waals surface area contributed by atoms with Crippen molar-refractivity contribution in [3.8, 4) is 0 Å². The van der Waals surface area contributed by atoms with Crippen LogP contribution in [0.1, 0.15) is 40.0 Å². The van der Waals surface area contributed by atoms with Crippen LogP contribution in [0.5, 0.6) is 0 Å². The summed E-state index contributed by atoms with van der Waals surface area (Å²) in [7, 11) is -1.96. The van der Waals surface area contributed by atoms with E-state index in [1.165, 1.54) is 0 Å². The van der Waals surface area contributed by atoms with Crippen molar-refractivity contribution in [1.29, 1.82) is 0 Å². The van der Waals surface area contributed by atoms with Crippen molar-refractivity contribution >= 4 is 21.6 Å². The molecule has 1 heterocycles. The van der Waals surface area contributed by atoms with Gasteiger partial charge in [-0.3, -0.25) is 14.5 Å². The van der Waals surface area contributed by atoms with Gasteiger partial charge in [0.05, 0.1) is 10.9 Å². The number of aryl methyl sites for hydroxylation is 2. The molecule has 1 aromatic heterocycles. The number of anilines is 1. The number of carbonyl (C=O) groups is 1. The van der Waals surface area contributed by atoms with Gasteiger partial charge in [0.1, 0.15) is 0 Å². The molecule has 0 saturated heterocycles. The molecule has 1 N–H and O–H groups in total. The van der Waals surface area contributed by atoms with Gasteiger partial charge in [0.15, 0.2) is 0 Å². The number of benzene rings is 2. The van der Waals surface area contributed by atoms with Gasteiger partial charge in [-0.1, -0.05) is 6.07 Å². The maximum atomic E-state index is 12.8. The molecule has 2 aromatic carbocycles. The number of amides is 1. The highest BCUT2D eigenvalue weighted by atomic mass is 32.2. The fourth-order valence-electron chi connectivity index (χ4n) is 3.02. The third kappa shape index (κ3) is 4.68. The van der Waals surface area contributed by atoms with Crippen molar-refractivity contribution in [2.75, 3.05) is 11.8 Å². The molecule has 0 fully saturated rings. The van der Waals surface area contributed by atoms with Crippen molar-refractivity contribution in [3.05, 3.63) is 89.2 Å². The zero-order valence-corrected chi connectivity index (χ0v) is 18.3. The van der Waals surface area contributed by atoms with Crippen LogP contribution >= 0.6 is 0 Å². The lowest BCUT2D eigenvalue weighted by Crippen LogP contribution is -2.29. The number of nitrogens with zero attached hydrogens (tertiary/aromatic N) is 2. The van der Waals surface area contributed by atoms with E-state index in [9.17, 15) is 13.2 Å². The zero-order valence-electron chi connectivity index (χ0n) is 17.5. The Morgan fingerprint density at radius 1 is 0.967 bits per heavy atom. The maximum Gasteiger partial charge on any atom is 0.261 e. The van der Waals surface area contributed by atoms with Gasteiger partial charge in [-0.15, -0.1) is 0 Å². The molecule has 7 heteroatoms. The molecule has 1 unspecified atom stereocenters. The fourth-order valence-corrected chi connectivity index (χ4v) is 4.16. The lowest BCUT2D eigenvalue weighted by Gasteiger charge is -2.25. The van der Waals surface area contributed by atoms with E-state index in [1.54, 1.807) is 66.8 Å². The number of hydrogen-bond donors (Lipinski definition) is 1. The molecule has 1 amide bonds. The lowest BCUT2D eigenvalue weighted by atomic mass is 10.1. The molecule has 156 valence electrons. The van der Waals surface area contributed by atoms with Crippen molar-refractivity contribution in [3.63, 3.8) is 0 Å². The largest absolute Gasteiger partial charge is 0.335 e. The molecule has 0 aliphatic rings. The van der Waals surface area contributed by atoms with Crippen LogP contribution in [0.15, 0.2) is 71.9 Å². The second kappa shape index (κ2) is 8.67. The predicted octanol–water partition coefficient (Wildman–Crippen LogP) is 4.33. The molecule has 0 radical (unpaired) electrons. The van der Waals surface area contributed by atoms with Gasteiger partial charge < -0.3 is 4.90 Å². The molecule has 6 nitrogen and oxygen atoms in total. The summed E-state index contributed by atoms with van der Waals surface area (Å²) >= 11 is 0. The van der Waals surface area contributed by atoms with E-state index in [2.05, 4.69) is 9.71 Å². The average molecular weight is 424 g/mol. The summed E-state index contributed by atoms with van der Waals surface area (Å²) < 4.78 is 27.9. The van der Waals surface area contributed by atoms with Crippen LogP contribution in [-0.2, 0) is 10.0 Å². The van der Waals surface area contributed by atoms with Crippen molar-refractivity contribution < 1.29 is 13.2 Å². The number of sulfonamides is 1. The average Bonchev–Trinajstić information content (AvgIpc) is 2.75. The van der Waals surface area contributed by atoms with Gasteiger partial charge in [0.25, 0.3) is 15.9 Å². The van der Waals surface area contributed by atoms with E-state index >= 15 is 0 Å². The summed E-state index contributed by atoms with van der Waals surface area (Å²) in [4.78, 5) is 18.7. The summed E-state index contributed by atoms with van der Waals surface area (Å²) in [5.41, 5.74) is 3.80. The fraction of sp³-hybridized carbons (Fsp3) is 0.217. The SMILES string of the molecule is Cc1ccc(S(=O)(=O)Nc2ccc(C(=O)N(C)C(C)c3ccncc3)cc2)cc1C. The first kappa shape index (κ1) is 21.5. The van der Waals surface area contributed by atoms with Crippen LogP contribution < -0.4 is 4.72 Å². The van der Waals surface area contributed by atoms with Gasteiger partial charge in [0.2, 0.25) is 0 Å². The Balaban J connectivity index is 1.74. The third-order valence-electron chi connectivity index (χ3n) is 5.26. The normalized spacial score (nSPS) is 12.3. The van der Waals surface area contributed by atoms with E-state index in [-0.39, 0.29) is 16.8 Å². The summed E-state index contributed by atoms with van der Waals surface area (Å²) in [5, 5.41) is 0. The molecular formula is C23H25N3O3S. The molecule has 0 aliphatic carbocycles. The Labute approximate surface area is 177 Å². The standard InChI is InChI=1S/C23H25N3O3S/c1-16-5-10-22(15-17(16)2)30(28,29)25-21-8-6-20(7-9-21)23(27)26(4)18(3)19-11-13-24-14-12-19/h5-15,18,25H,1-4H3. The van der Waals surface area contributed by atoms with Gasteiger partial charge in [-0.2, -0.15) is 0 Å². The van der Waals surface area contributed by atoms with E-state index in [4.69, 9.17) is 0 Å². The Morgan fingerprint density at radius 3 is 2.20 bits per heavy atom. The van der Waals surface area contributed by atoms with Crippen LogP contribution in [0.25, 0.3) is 0 Å². The highest BCUT2D eigenvalue weighted by molar-refractivity contribution is 7.92. The van der Waals surface area contributed by atoms with Gasteiger partial charge in [-0.05, 0) is 86.0 Å². The van der Waals surface area contributed by atoms with E-state index in [0.29, 0.717) is 11.3 Å². The minimum absolute atomic E-state index is 0.122. The van der Waals surface area contributed by atoms with E-state index < -0.39 is 10.0 Å². The molecule has 0 saturated carbocycles. The highest BCUT2D eigenvalue weighted by Gasteiger charge is 2.20. The molecular weight excluding hydrogens is 398 g/mol. The third-order valence-corrected chi connectivity index (χ3v) is 6.64. The predicted molar refractivity (Wildman–Crippen MR) is 118 cm³/mol. The quantitative estimate of drug-likeness (QED) is 0.640. The summed E-state index contributed by atoms with van der Waals surface area (Å²) in [6, 6.07) is 15.1. The summed E-state index contributed by atoms with van der Waals surface area (Å²) in [5.74, 6) is -0.150. The minimum atomic E-state index is -3.70. The number of hydrogen-bond acceptors (Lipinski definition) is 4. The second-order valence-corrected chi connectivity index (χ2v) is 8.98. The number of pyridine rings is 1. The van der Waals surface area contributed by atoms with Crippen LogP contribution in [0, 0.1) is 13.8 Å². The van der Waals surface area contributed by atoms with Crippen LogP contribution in [0.2, 0.25) is 0 Å². The van der Waals surface area contributed by atoms with Gasteiger partial charge in [-0.25, -0.2) is 8.42 Å². The van der Waals surface area contributed by atoms with Gasteiger partial charge >= 0.3 is 0 Å². The molecule has 1 atom stereocenters. The monoisotopic (exact) mass is 423 g/mol. The Kier molecular flexibility index (Phi) is 6.22. The van der Waals surface area contributed by atoms with Crippen molar-refractivity contribution in [2.45, 2.75) is 31.7 Å². The first-order valence-electron chi connectivity index (χ1n) is 9.56. The van der Waals surface area contributed by atoms with Crippen LogP contribution in [0.3, 0.4) is 0 Å². The highest BCUT2D eigenvalue weighted by Crippen LogP contribution is 2.22. The molecule has 3 rings (SSSR count). The Bertz CT molecular complexity index is 1140. The first-order valence-corrected chi connectivity index (χ1v) is 11.0. The molecule has 30 heavy (non-hydrogen) atoms. The molecule has 0 spiro atoms. The second-order valence-electron chi connectivity index (χ2n) is 7.30. The van der Waals surface area contributed by atoms with Crippen LogP contribution in [-0.4, -0.2) is 31.3 Å². The number of rotatable bonds is 6. The summed E-state index contributed by atoms with van der Waals surface area (Å²) in [6.45, 7) is 5.75. The number of aromatic nitrogens is 1. The Hall–Kier alpha value is -3.19. The van der Waals surface area contributed by atoms with Crippen molar-refractivity contribution in [2.24, 2.45) is 0 Å². The van der Waals surface area contributed by atoms with E-state index in [1.807, 2.05) is 32.9 Å². The summed E-state index contributed by atoms with van der Waals surface area (Å²) in [6.07, 6.45) is 3.39. The minimum Gasteiger partial charge on any atom is -0.335 e. The Morgan fingerprint density at radius 2 is 1.60 bits per heavy atom. The zero-order chi connectivity index (χ0) is 21.9. The van der Waals surface area contributed by atoms with Crippen LogP contribution in [0.4, 0.5) is 5.69 Å². The van der Waals surface area contributed by atoms with Gasteiger partial charge in [0, 0.05) is 30.7 Å². The maximum absolute atomic E-state index is 12.8. The van der Waals surface area contributed by atoms with Crippen molar-refractivity contribution in [1.82, 2.24) is 9.88 Å². The number of carbonyl (C=O) groups excluding carboxylic acids is 1. The molecule has 0 bridgehead atoms. The smallest absolute Gasteiger partial charge is 0.261 e. The lowest BCUT2D eigenvalue weighted by molar-refractivity contribution is 0.0742.